The van der Waals surface area contributed by atoms with Crippen LogP contribution in [0.4, 0.5) is 0 Å². The average Bonchev–Trinajstić information content (AvgIpc) is 3.60. The zero-order valence-corrected chi connectivity index (χ0v) is 22.6. The Morgan fingerprint density at radius 2 is 0.881 bits per heavy atom. The van der Waals surface area contributed by atoms with E-state index in [1.807, 2.05) is 60.7 Å². The molecule has 0 atom stereocenters. The first kappa shape index (κ1) is 24.3. The van der Waals surface area contributed by atoms with E-state index in [4.69, 9.17) is 9.47 Å². The van der Waals surface area contributed by atoms with Gasteiger partial charge < -0.3 is 9.47 Å². The van der Waals surface area contributed by atoms with Gasteiger partial charge >= 0.3 is 11.9 Å². The molecule has 8 rings (SSSR count). The fourth-order valence-electron chi connectivity index (χ4n) is 6.26. The zero-order chi connectivity index (χ0) is 28.2. The quantitative estimate of drug-likeness (QED) is 0.165. The predicted octanol–water partition coefficient (Wildman–Crippen LogP) is 8.42. The lowest BCUT2D eigenvalue weighted by Gasteiger charge is -2.11. The van der Waals surface area contributed by atoms with Crippen molar-refractivity contribution in [3.8, 4) is 33.8 Å². The Morgan fingerprint density at radius 3 is 1.36 bits per heavy atom. The van der Waals surface area contributed by atoms with Gasteiger partial charge in [0.2, 0.25) is 0 Å². The van der Waals surface area contributed by atoms with Crippen molar-refractivity contribution < 1.29 is 19.1 Å². The van der Waals surface area contributed by atoms with Gasteiger partial charge in [0.1, 0.15) is 11.5 Å². The molecule has 0 N–H and O–H groups in total. The summed E-state index contributed by atoms with van der Waals surface area (Å²) in [5.41, 5.74) is 10.0. The summed E-state index contributed by atoms with van der Waals surface area (Å²) in [5.74, 6) is 0.345. The molecule has 2 aliphatic rings. The number of ether oxygens (including phenoxy) is 2. The Morgan fingerprint density at radius 1 is 0.452 bits per heavy atom. The van der Waals surface area contributed by atoms with E-state index in [0.717, 1.165) is 45.9 Å². The second-order valence-electron chi connectivity index (χ2n) is 10.8. The first-order chi connectivity index (χ1) is 20.6. The van der Waals surface area contributed by atoms with E-state index in [-0.39, 0.29) is 0 Å². The molecule has 0 saturated heterocycles. The van der Waals surface area contributed by atoms with Crippen molar-refractivity contribution >= 4 is 22.7 Å². The third-order valence-electron chi connectivity index (χ3n) is 8.33. The maximum Gasteiger partial charge on any atom is 0.343 e. The van der Waals surface area contributed by atoms with Crippen LogP contribution in [0.3, 0.4) is 0 Å². The van der Waals surface area contributed by atoms with Gasteiger partial charge in [0.05, 0.1) is 11.1 Å². The van der Waals surface area contributed by atoms with Crippen LogP contribution in [0.2, 0.25) is 0 Å². The second kappa shape index (κ2) is 9.57. The summed E-state index contributed by atoms with van der Waals surface area (Å²) in [6.45, 7) is 0. The molecule has 0 spiro atoms. The lowest BCUT2D eigenvalue weighted by molar-refractivity contribution is 0.0723. The van der Waals surface area contributed by atoms with Gasteiger partial charge in [-0.25, -0.2) is 9.59 Å². The van der Waals surface area contributed by atoms with E-state index < -0.39 is 11.9 Å². The Kier molecular flexibility index (Phi) is 5.54. The third-order valence-corrected chi connectivity index (χ3v) is 8.33. The van der Waals surface area contributed by atoms with Crippen molar-refractivity contribution in [1.29, 1.82) is 0 Å². The molecule has 0 radical (unpaired) electrons. The molecule has 0 aliphatic heterocycles. The maximum absolute atomic E-state index is 13.2. The summed E-state index contributed by atoms with van der Waals surface area (Å²) in [5, 5.41) is 1.67. The molecule has 0 bridgehead atoms. The molecule has 6 aromatic rings. The Labute approximate surface area is 242 Å². The highest BCUT2D eigenvalue weighted by Gasteiger charge is 2.24. The number of hydrogen-bond donors (Lipinski definition) is 0. The summed E-state index contributed by atoms with van der Waals surface area (Å²) in [4.78, 5) is 26.4. The van der Waals surface area contributed by atoms with Crippen LogP contribution in [0.5, 0.6) is 11.5 Å². The van der Waals surface area contributed by atoms with E-state index in [1.165, 1.54) is 22.3 Å². The van der Waals surface area contributed by atoms with Crippen LogP contribution < -0.4 is 9.47 Å². The molecule has 4 heteroatoms. The number of hydrogen-bond acceptors (Lipinski definition) is 4. The highest BCUT2D eigenvalue weighted by molar-refractivity contribution is 6.00. The van der Waals surface area contributed by atoms with E-state index in [9.17, 15) is 9.59 Å². The number of carbonyl (C=O) groups excluding carboxylic acids is 2. The first-order valence-corrected chi connectivity index (χ1v) is 14.0. The highest BCUT2D eigenvalue weighted by atomic mass is 16.5. The SMILES string of the molecule is O=C(Oc1cccc2c1Cc1ccccc1-2)c1ccc2cc(C(=O)Oc3cccc4c3Cc3ccccc3-4)ccc2c1. The summed E-state index contributed by atoms with van der Waals surface area (Å²) < 4.78 is 11.8. The van der Waals surface area contributed by atoms with Crippen LogP contribution >= 0.6 is 0 Å². The first-order valence-electron chi connectivity index (χ1n) is 14.0. The van der Waals surface area contributed by atoms with Crippen molar-refractivity contribution in [1.82, 2.24) is 0 Å². The smallest absolute Gasteiger partial charge is 0.343 e. The minimum atomic E-state index is -0.413. The van der Waals surface area contributed by atoms with Gasteiger partial charge in [-0.2, -0.15) is 0 Å². The van der Waals surface area contributed by atoms with E-state index in [0.29, 0.717) is 22.6 Å². The predicted molar refractivity (Wildman–Crippen MR) is 163 cm³/mol. The molecule has 0 fully saturated rings. The lowest BCUT2D eigenvalue weighted by atomic mass is 10.0. The van der Waals surface area contributed by atoms with Crippen LogP contribution in [0.15, 0.2) is 121 Å². The Balaban J connectivity index is 1.02. The summed E-state index contributed by atoms with van der Waals surface area (Å²) >= 11 is 0. The van der Waals surface area contributed by atoms with Gasteiger partial charge in [-0.1, -0.05) is 84.9 Å². The number of rotatable bonds is 4. The molecule has 4 nitrogen and oxygen atoms in total. The van der Waals surface area contributed by atoms with Crippen LogP contribution in [0.25, 0.3) is 33.0 Å². The number of fused-ring (bicyclic) bond motifs is 7. The fourth-order valence-corrected chi connectivity index (χ4v) is 6.26. The molecule has 2 aliphatic carbocycles. The highest BCUT2D eigenvalue weighted by Crippen LogP contribution is 2.42. The number of benzene rings is 6. The molecular formula is C38H24O4. The standard InChI is InChI=1S/C38H24O4/c39-37(41-35-13-5-11-31-29-9-3-1-7-25(29)21-33(31)35)27-17-15-24-20-28(18-16-23(24)19-27)38(40)42-36-14-6-12-32-30-10-4-2-8-26(30)22-34(32)36/h1-20H,21-22H2. The average molecular weight is 545 g/mol. The van der Waals surface area contributed by atoms with Gasteiger partial charge in [-0.15, -0.1) is 0 Å². The van der Waals surface area contributed by atoms with E-state index in [1.54, 1.807) is 24.3 Å². The van der Waals surface area contributed by atoms with E-state index in [2.05, 4.69) is 36.4 Å². The topological polar surface area (TPSA) is 52.6 Å². The molecule has 42 heavy (non-hydrogen) atoms. The molecule has 0 aromatic heterocycles. The summed E-state index contributed by atoms with van der Waals surface area (Å²) in [6.07, 6.45) is 1.48. The molecule has 6 aromatic carbocycles. The van der Waals surface area contributed by atoms with Crippen molar-refractivity contribution in [3.63, 3.8) is 0 Å². The molecule has 0 heterocycles. The van der Waals surface area contributed by atoms with Crippen molar-refractivity contribution in [3.05, 3.63) is 155 Å². The molecule has 0 unspecified atom stereocenters. The summed E-state index contributed by atoms with van der Waals surface area (Å²) in [6, 6.07) is 39.0. The monoisotopic (exact) mass is 544 g/mol. The van der Waals surface area contributed by atoms with Crippen molar-refractivity contribution in [2.24, 2.45) is 0 Å². The van der Waals surface area contributed by atoms with Crippen molar-refractivity contribution in [2.75, 3.05) is 0 Å². The normalized spacial score (nSPS) is 12.3. The van der Waals surface area contributed by atoms with Gasteiger partial charge in [-0.3, -0.25) is 0 Å². The van der Waals surface area contributed by atoms with Crippen LogP contribution in [0, 0.1) is 0 Å². The second-order valence-corrected chi connectivity index (χ2v) is 10.8. The zero-order valence-electron chi connectivity index (χ0n) is 22.6. The number of carbonyl (C=O) groups is 2. The van der Waals surface area contributed by atoms with Crippen LogP contribution in [-0.2, 0) is 12.8 Å². The molecule has 200 valence electrons. The van der Waals surface area contributed by atoms with Gasteiger partial charge in [0.25, 0.3) is 0 Å². The maximum atomic E-state index is 13.2. The van der Waals surface area contributed by atoms with Gasteiger partial charge in [-0.05, 0) is 80.6 Å². The Bertz CT molecular complexity index is 1940. The van der Waals surface area contributed by atoms with E-state index >= 15 is 0 Å². The summed E-state index contributed by atoms with van der Waals surface area (Å²) in [7, 11) is 0. The minimum Gasteiger partial charge on any atom is -0.423 e. The Hall–Kier alpha value is -5.48. The molecule has 0 saturated carbocycles. The minimum absolute atomic E-state index is 0.413. The number of esters is 2. The third kappa shape index (κ3) is 4.00. The largest absolute Gasteiger partial charge is 0.423 e. The lowest BCUT2D eigenvalue weighted by Crippen LogP contribution is -2.10. The van der Waals surface area contributed by atoms with Gasteiger partial charge in [0, 0.05) is 24.0 Å². The van der Waals surface area contributed by atoms with Crippen molar-refractivity contribution in [2.45, 2.75) is 12.8 Å². The molecular weight excluding hydrogens is 520 g/mol. The fraction of sp³-hybridized carbons (Fsp3) is 0.0526. The van der Waals surface area contributed by atoms with Crippen LogP contribution in [-0.4, -0.2) is 11.9 Å². The molecule has 0 amide bonds. The van der Waals surface area contributed by atoms with Gasteiger partial charge in [0.15, 0.2) is 0 Å². The van der Waals surface area contributed by atoms with Crippen LogP contribution in [0.1, 0.15) is 43.0 Å².